The van der Waals surface area contributed by atoms with E-state index in [0.29, 0.717) is 6.42 Å². The van der Waals surface area contributed by atoms with Crippen molar-refractivity contribution in [1.29, 1.82) is 0 Å². The Bertz CT molecular complexity index is 537. The highest BCUT2D eigenvalue weighted by Crippen LogP contribution is 2.21. The molecule has 0 fully saturated rings. The first-order chi connectivity index (χ1) is 9.79. The molecule has 104 valence electrons. The Morgan fingerprint density at radius 1 is 0.900 bits per heavy atom. The van der Waals surface area contributed by atoms with Gasteiger partial charge in [0.1, 0.15) is 0 Å². The number of anilines is 1. The molecule has 3 heteroatoms. The molecule has 0 unspecified atom stereocenters. The lowest BCUT2D eigenvalue weighted by atomic mass is 10.1. The van der Waals surface area contributed by atoms with Crippen LogP contribution in [0.1, 0.15) is 19.3 Å². The van der Waals surface area contributed by atoms with Crippen molar-refractivity contribution in [3.8, 4) is 11.1 Å². The Balaban J connectivity index is 1.93. The van der Waals surface area contributed by atoms with Gasteiger partial charge in [-0.15, -0.1) is 0 Å². The van der Waals surface area contributed by atoms with Crippen molar-refractivity contribution in [3.05, 3.63) is 54.6 Å². The highest BCUT2D eigenvalue weighted by atomic mass is 79.9. The van der Waals surface area contributed by atoms with E-state index in [1.807, 2.05) is 42.5 Å². The van der Waals surface area contributed by atoms with Crippen molar-refractivity contribution in [2.24, 2.45) is 0 Å². The van der Waals surface area contributed by atoms with Gasteiger partial charge in [-0.05, 0) is 36.1 Å². The summed E-state index contributed by atoms with van der Waals surface area (Å²) >= 11 is 3.36. The van der Waals surface area contributed by atoms with E-state index in [2.05, 4.69) is 33.4 Å². The fourth-order valence-corrected chi connectivity index (χ4v) is 2.38. The molecule has 1 N–H and O–H groups in total. The van der Waals surface area contributed by atoms with E-state index < -0.39 is 0 Å². The van der Waals surface area contributed by atoms with Gasteiger partial charge in [-0.3, -0.25) is 4.79 Å². The minimum atomic E-state index is 0.0819. The molecule has 0 atom stereocenters. The molecule has 0 heterocycles. The van der Waals surface area contributed by atoms with Gasteiger partial charge >= 0.3 is 0 Å². The number of benzene rings is 2. The summed E-state index contributed by atoms with van der Waals surface area (Å²) in [6.45, 7) is 0. The van der Waals surface area contributed by atoms with Crippen LogP contribution in [0.2, 0.25) is 0 Å². The number of carbonyl (C=O) groups is 1. The second-order valence-electron chi connectivity index (χ2n) is 4.64. The minimum absolute atomic E-state index is 0.0819. The first-order valence-corrected chi connectivity index (χ1v) is 7.93. The average Bonchev–Trinajstić information content (AvgIpc) is 2.49. The summed E-state index contributed by atoms with van der Waals surface area (Å²) in [5.41, 5.74) is 3.19. The lowest BCUT2D eigenvalue weighted by Crippen LogP contribution is -2.10. The van der Waals surface area contributed by atoms with Crippen molar-refractivity contribution < 1.29 is 4.79 Å². The molecular weight excluding hydrogens is 314 g/mol. The highest BCUT2D eigenvalue weighted by Gasteiger charge is 2.02. The van der Waals surface area contributed by atoms with E-state index in [0.717, 1.165) is 29.4 Å². The molecule has 20 heavy (non-hydrogen) atoms. The number of alkyl halides is 1. The Morgan fingerprint density at radius 2 is 1.55 bits per heavy atom. The zero-order valence-electron chi connectivity index (χ0n) is 11.3. The summed E-state index contributed by atoms with van der Waals surface area (Å²) in [7, 11) is 0. The summed E-state index contributed by atoms with van der Waals surface area (Å²) < 4.78 is 0. The zero-order chi connectivity index (χ0) is 14.2. The van der Waals surface area contributed by atoms with Crippen LogP contribution in [0.5, 0.6) is 0 Å². The van der Waals surface area contributed by atoms with E-state index in [-0.39, 0.29) is 5.91 Å². The van der Waals surface area contributed by atoms with Crippen molar-refractivity contribution in [2.75, 3.05) is 10.6 Å². The van der Waals surface area contributed by atoms with Crippen LogP contribution in [-0.2, 0) is 4.79 Å². The van der Waals surface area contributed by atoms with Crippen LogP contribution in [-0.4, -0.2) is 11.2 Å². The Kier molecular flexibility index (Phi) is 5.81. The van der Waals surface area contributed by atoms with Gasteiger partial charge in [0.05, 0.1) is 0 Å². The molecule has 2 rings (SSSR count). The van der Waals surface area contributed by atoms with Gasteiger partial charge in [0.25, 0.3) is 0 Å². The Labute approximate surface area is 128 Å². The van der Waals surface area contributed by atoms with Crippen LogP contribution in [0.15, 0.2) is 54.6 Å². The van der Waals surface area contributed by atoms with Crippen LogP contribution < -0.4 is 5.32 Å². The Hall–Kier alpha value is -1.61. The third-order valence-electron chi connectivity index (χ3n) is 3.06. The van der Waals surface area contributed by atoms with Crippen molar-refractivity contribution >= 4 is 27.5 Å². The first-order valence-electron chi connectivity index (χ1n) is 6.81. The molecular formula is C17H18BrNO. The monoisotopic (exact) mass is 331 g/mol. The van der Waals surface area contributed by atoms with Gasteiger partial charge in [0.15, 0.2) is 0 Å². The molecule has 0 saturated carbocycles. The second-order valence-corrected chi connectivity index (χ2v) is 5.43. The molecule has 0 spiro atoms. The molecule has 1 amide bonds. The number of rotatable bonds is 6. The Morgan fingerprint density at radius 3 is 2.20 bits per heavy atom. The summed E-state index contributed by atoms with van der Waals surface area (Å²) in [5, 5.41) is 3.88. The van der Waals surface area contributed by atoms with Crippen molar-refractivity contribution in [3.63, 3.8) is 0 Å². The van der Waals surface area contributed by atoms with Crippen molar-refractivity contribution in [2.45, 2.75) is 19.3 Å². The molecule has 0 aromatic heterocycles. The molecule has 0 aliphatic heterocycles. The molecule has 0 bridgehead atoms. The van der Waals surface area contributed by atoms with Gasteiger partial charge in [0, 0.05) is 17.4 Å². The molecule has 0 saturated heterocycles. The smallest absolute Gasteiger partial charge is 0.224 e. The second kappa shape index (κ2) is 7.85. The maximum absolute atomic E-state index is 11.7. The SMILES string of the molecule is O=C(CCCCBr)Nc1ccc(-c2ccccc2)cc1. The zero-order valence-corrected chi connectivity index (χ0v) is 12.9. The van der Waals surface area contributed by atoms with Gasteiger partial charge in [-0.25, -0.2) is 0 Å². The first kappa shape index (κ1) is 14.8. The lowest BCUT2D eigenvalue weighted by Gasteiger charge is -2.06. The number of hydrogen-bond acceptors (Lipinski definition) is 1. The molecule has 0 aliphatic carbocycles. The topological polar surface area (TPSA) is 29.1 Å². The number of carbonyl (C=O) groups excluding carboxylic acids is 1. The summed E-state index contributed by atoms with van der Waals surface area (Å²) in [5.74, 6) is 0.0819. The standard InChI is InChI=1S/C17H18BrNO/c18-13-5-4-8-17(20)19-16-11-9-15(10-12-16)14-6-2-1-3-7-14/h1-3,6-7,9-12H,4-5,8,13H2,(H,19,20). The van der Waals surface area contributed by atoms with Gasteiger partial charge in [-0.2, -0.15) is 0 Å². The van der Waals surface area contributed by atoms with Crippen LogP contribution in [0.3, 0.4) is 0 Å². The number of nitrogens with one attached hydrogen (secondary N) is 1. The minimum Gasteiger partial charge on any atom is -0.326 e. The van der Waals surface area contributed by atoms with Crippen LogP contribution in [0, 0.1) is 0 Å². The highest BCUT2D eigenvalue weighted by molar-refractivity contribution is 9.09. The number of unbranched alkanes of at least 4 members (excludes halogenated alkanes) is 1. The van der Waals surface area contributed by atoms with E-state index in [1.165, 1.54) is 5.56 Å². The summed E-state index contributed by atoms with van der Waals surface area (Å²) in [4.78, 5) is 11.7. The molecule has 0 radical (unpaired) electrons. The molecule has 0 aliphatic rings. The van der Waals surface area contributed by atoms with Crippen molar-refractivity contribution in [1.82, 2.24) is 0 Å². The fourth-order valence-electron chi connectivity index (χ4n) is 1.98. The van der Waals surface area contributed by atoms with E-state index in [1.54, 1.807) is 0 Å². The van der Waals surface area contributed by atoms with Crippen LogP contribution >= 0.6 is 15.9 Å². The van der Waals surface area contributed by atoms with E-state index >= 15 is 0 Å². The lowest BCUT2D eigenvalue weighted by molar-refractivity contribution is -0.116. The number of hydrogen-bond donors (Lipinski definition) is 1. The number of halogens is 1. The average molecular weight is 332 g/mol. The van der Waals surface area contributed by atoms with Gasteiger partial charge in [0.2, 0.25) is 5.91 Å². The molecule has 2 nitrogen and oxygen atoms in total. The predicted molar refractivity (Wildman–Crippen MR) is 88.2 cm³/mol. The normalized spacial score (nSPS) is 10.2. The largest absolute Gasteiger partial charge is 0.326 e. The third-order valence-corrected chi connectivity index (χ3v) is 3.62. The molecule has 2 aromatic rings. The van der Waals surface area contributed by atoms with E-state index in [9.17, 15) is 4.79 Å². The predicted octanol–water partition coefficient (Wildman–Crippen LogP) is 4.86. The van der Waals surface area contributed by atoms with Crippen LogP contribution in [0.25, 0.3) is 11.1 Å². The summed E-state index contributed by atoms with van der Waals surface area (Å²) in [6, 6.07) is 18.2. The summed E-state index contributed by atoms with van der Waals surface area (Å²) in [6.07, 6.45) is 2.52. The maximum Gasteiger partial charge on any atom is 0.224 e. The van der Waals surface area contributed by atoms with E-state index in [4.69, 9.17) is 0 Å². The van der Waals surface area contributed by atoms with Gasteiger partial charge in [-0.1, -0.05) is 58.4 Å². The third kappa shape index (κ3) is 4.49. The fraction of sp³-hybridized carbons (Fsp3) is 0.235. The maximum atomic E-state index is 11.7. The van der Waals surface area contributed by atoms with Gasteiger partial charge < -0.3 is 5.32 Å². The van der Waals surface area contributed by atoms with Crippen LogP contribution in [0.4, 0.5) is 5.69 Å². The molecule has 2 aromatic carbocycles. The quantitative estimate of drug-likeness (QED) is 0.594. The number of amides is 1.